The molecular weight excluding hydrogens is 388 g/mol. The number of ketones is 1. The first-order chi connectivity index (χ1) is 13.8. The van der Waals surface area contributed by atoms with Gasteiger partial charge in [-0.1, -0.05) is 0 Å². The van der Waals surface area contributed by atoms with E-state index in [1.165, 1.54) is 12.3 Å². The third-order valence-electron chi connectivity index (χ3n) is 3.76. The van der Waals surface area contributed by atoms with Crippen molar-refractivity contribution in [3.63, 3.8) is 0 Å². The third-order valence-corrected chi connectivity index (χ3v) is 3.76. The number of fused-ring (bicyclic) bond motifs is 1. The van der Waals surface area contributed by atoms with Crippen LogP contribution in [0.2, 0.25) is 0 Å². The number of nitrogens with one attached hydrogen (secondary N) is 3. The fourth-order valence-electron chi connectivity index (χ4n) is 2.41. The molecule has 0 bridgehead atoms. The molecule has 1 aliphatic heterocycles. The maximum Gasteiger partial charge on any atom is 0.408 e. The summed E-state index contributed by atoms with van der Waals surface area (Å²) in [5.74, 6) is -0.229. The van der Waals surface area contributed by atoms with Crippen LogP contribution in [0.3, 0.4) is 0 Å². The van der Waals surface area contributed by atoms with E-state index in [1.54, 1.807) is 32.9 Å². The van der Waals surface area contributed by atoms with Gasteiger partial charge >= 0.3 is 6.09 Å². The van der Waals surface area contributed by atoms with Crippen LogP contribution in [0.15, 0.2) is 18.3 Å². The lowest BCUT2D eigenvalue weighted by molar-refractivity contribution is -0.123. The van der Waals surface area contributed by atoms with Crippen molar-refractivity contribution in [3.05, 3.63) is 23.9 Å². The highest BCUT2D eigenvalue weighted by atomic mass is 16.6. The van der Waals surface area contributed by atoms with Crippen molar-refractivity contribution in [2.75, 3.05) is 23.8 Å². The number of carbonyl (C=O) groups excluding carboxylic acids is 3. The van der Waals surface area contributed by atoms with Gasteiger partial charge in [-0.25, -0.2) is 9.78 Å². The highest BCUT2D eigenvalue weighted by Gasteiger charge is 2.27. The van der Waals surface area contributed by atoms with E-state index in [-0.39, 0.29) is 24.5 Å². The second kappa shape index (κ2) is 9.25. The number of ether oxygens (including phenoxy) is 2. The fraction of sp³-hybridized carbons (Fsp3) is 0.524. The van der Waals surface area contributed by atoms with Crippen molar-refractivity contribution < 1.29 is 23.9 Å². The Morgan fingerprint density at radius 3 is 2.57 bits per heavy atom. The Labute approximate surface area is 176 Å². The van der Waals surface area contributed by atoms with Crippen molar-refractivity contribution >= 4 is 35.4 Å². The molecule has 0 saturated carbocycles. The van der Waals surface area contributed by atoms with Gasteiger partial charge in [0.15, 0.2) is 11.6 Å². The number of alkyl carbamates (subject to hydrolysis) is 1. The minimum atomic E-state index is -0.829. The molecule has 9 heteroatoms. The lowest BCUT2D eigenvalue weighted by Crippen LogP contribution is -2.48. The lowest BCUT2D eigenvalue weighted by Gasteiger charge is -2.22. The summed E-state index contributed by atoms with van der Waals surface area (Å²) in [5, 5.41) is 8.31. The molecule has 2 rings (SSSR count). The predicted octanol–water partition coefficient (Wildman–Crippen LogP) is 2.74. The molecule has 9 nitrogen and oxygen atoms in total. The molecule has 1 aromatic rings. The van der Waals surface area contributed by atoms with E-state index < -0.39 is 23.6 Å². The summed E-state index contributed by atoms with van der Waals surface area (Å²) in [6, 6.07) is 0.927. The standard InChI is InChI=1S/C21H30N4O5/c1-20(2,3)29-12-14(26)8-7-13-9-15-17(23-10-13)25-18(27)16(11-22-15)24-19(28)30-21(4,5)6/h7-10,16,22H,11-12H2,1-6H3,(H,24,28)(H,23,25,27)/b8-7+/t16-/m0/s1. The van der Waals surface area contributed by atoms with Crippen LogP contribution in [0.4, 0.5) is 16.3 Å². The first-order valence-electron chi connectivity index (χ1n) is 9.71. The number of amides is 2. The van der Waals surface area contributed by atoms with Crippen molar-refractivity contribution in [2.45, 2.75) is 58.8 Å². The fourth-order valence-corrected chi connectivity index (χ4v) is 2.41. The summed E-state index contributed by atoms with van der Waals surface area (Å²) >= 11 is 0. The number of aromatic nitrogens is 1. The van der Waals surface area contributed by atoms with E-state index in [0.29, 0.717) is 17.1 Å². The molecule has 2 heterocycles. The van der Waals surface area contributed by atoms with E-state index >= 15 is 0 Å². The molecule has 2 amide bonds. The zero-order valence-electron chi connectivity index (χ0n) is 18.3. The van der Waals surface area contributed by atoms with Crippen LogP contribution in [0.1, 0.15) is 47.1 Å². The highest BCUT2D eigenvalue weighted by Crippen LogP contribution is 2.23. The van der Waals surface area contributed by atoms with Gasteiger partial charge in [0.1, 0.15) is 18.2 Å². The molecule has 0 spiro atoms. The van der Waals surface area contributed by atoms with Crippen molar-refractivity contribution in [3.8, 4) is 0 Å². The molecule has 1 aliphatic rings. The smallest absolute Gasteiger partial charge is 0.408 e. The van der Waals surface area contributed by atoms with Gasteiger partial charge in [-0.2, -0.15) is 0 Å². The summed E-state index contributed by atoms with van der Waals surface area (Å²) in [7, 11) is 0. The van der Waals surface area contributed by atoms with E-state index in [4.69, 9.17) is 9.47 Å². The summed E-state index contributed by atoms with van der Waals surface area (Å²) in [6.45, 7) is 11.0. The monoisotopic (exact) mass is 418 g/mol. The maximum absolute atomic E-state index is 12.4. The third kappa shape index (κ3) is 7.82. The summed E-state index contributed by atoms with van der Waals surface area (Å²) in [5.41, 5.74) is 0.205. The molecule has 1 aromatic heterocycles. The van der Waals surface area contributed by atoms with Gasteiger partial charge < -0.3 is 25.4 Å². The normalized spacial score (nSPS) is 16.9. The van der Waals surface area contributed by atoms with Gasteiger partial charge in [0.05, 0.1) is 11.3 Å². The lowest BCUT2D eigenvalue weighted by atomic mass is 10.2. The van der Waals surface area contributed by atoms with E-state index in [2.05, 4.69) is 20.9 Å². The van der Waals surface area contributed by atoms with Crippen LogP contribution >= 0.6 is 0 Å². The van der Waals surface area contributed by atoms with E-state index in [9.17, 15) is 14.4 Å². The Morgan fingerprint density at radius 1 is 1.23 bits per heavy atom. The summed E-state index contributed by atoms with van der Waals surface area (Å²) in [4.78, 5) is 40.5. The van der Waals surface area contributed by atoms with Gasteiger partial charge in [-0.3, -0.25) is 9.59 Å². The maximum atomic E-state index is 12.4. The first-order valence-corrected chi connectivity index (χ1v) is 9.71. The van der Waals surface area contributed by atoms with Crippen LogP contribution in [-0.4, -0.2) is 53.2 Å². The molecule has 0 aliphatic carbocycles. The molecule has 164 valence electrons. The number of hydrogen-bond acceptors (Lipinski definition) is 7. The van der Waals surface area contributed by atoms with Gasteiger partial charge in [0.2, 0.25) is 5.91 Å². The number of anilines is 2. The van der Waals surface area contributed by atoms with Gasteiger partial charge in [0, 0.05) is 12.7 Å². The SMILES string of the molecule is CC(C)(C)OCC(=O)/C=C/c1cnc2c(c1)NC[C@H](NC(=O)OC(C)(C)C)C(=O)N2. The Bertz CT molecular complexity index is 837. The zero-order chi connectivity index (χ0) is 22.5. The number of carbonyl (C=O) groups is 3. The molecule has 0 aromatic carbocycles. The van der Waals surface area contributed by atoms with Crippen LogP contribution in [-0.2, 0) is 19.1 Å². The van der Waals surface area contributed by atoms with Crippen molar-refractivity contribution in [1.82, 2.24) is 10.3 Å². The minimum Gasteiger partial charge on any atom is -0.444 e. The van der Waals surface area contributed by atoms with Crippen molar-refractivity contribution in [2.24, 2.45) is 0 Å². The first kappa shape index (κ1) is 23.3. The Hall–Kier alpha value is -2.94. The minimum absolute atomic E-state index is 0.00923. The molecule has 0 radical (unpaired) electrons. The Morgan fingerprint density at radius 2 is 1.93 bits per heavy atom. The second-order valence-corrected chi connectivity index (χ2v) is 8.93. The topological polar surface area (TPSA) is 119 Å². The van der Waals surface area contributed by atoms with E-state index in [0.717, 1.165) is 0 Å². The van der Waals surface area contributed by atoms with Crippen LogP contribution in [0.5, 0.6) is 0 Å². The number of pyridine rings is 1. The number of nitrogens with zero attached hydrogens (tertiary/aromatic N) is 1. The molecule has 3 N–H and O–H groups in total. The predicted molar refractivity (Wildman–Crippen MR) is 114 cm³/mol. The van der Waals surface area contributed by atoms with E-state index in [1.807, 2.05) is 20.8 Å². The highest BCUT2D eigenvalue weighted by molar-refractivity contribution is 6.00. The summed E-state index contributed by atoms with van der Waals surface area (Å²) < 4.78 is 10.6. The van der Waals surface area contributed by atoms with Crippen molar-refractivity contribution in [1.29, 1.82) is 0 Å². The average Bonchev–Trinajstić information content (AvgIpc) is 2.75. The quantitative estimate of drug-likeness (QED) is 0.629. The van der Waals surface area contributed by atoms with Crippen LogP contribution < -0.4 is 16.0 Å². The Kier molecular flexibility index (Phi) is 7.20. The Balaban J connectivity index is 2.01. The number of hydrogen-bond donors (Lipinski definition) is 3. The molecule has 0 fully saturated rings. The molecule has 1 atom stereocenters. The van der Waals surface area contributed by atoms with Gasteiger partial charge in [-0.05, 0) is 65.3 Å². The summed E-state index contributed by atoms with van der Waals surface area (Å²) in [6.07, 6.45) is 3.92. The molecular formula is C21H30N4O5. The van der Waals surface area contributed by atoms with Crippen LogP contribution in [0, 0.1) is 0 Å². The average molecular weight is 418 g/mol. The largest absolute Gasteiger partial charge is 0.444 e. The van der Waals surface area contributed by atoms with Crippen LogP contribution in [0.25, 0.3) is 6.08 Å². The number of rotatable bonds is 5. The molecule has 30 heavy (non-hydrogen) atoms. The van der Waals surface area contributed by atoms with Gasteiger partial charge in [-0.15, -0.1) is 0 Å². The molecule has 0 unspecified atom stereocenters. The van der Waals surface area contributed by atoms with Gasteiger partial charge in [0.25, 0.3) is 0 Å². The second-order valence-electron chi connectivity index (χ2n) is 8.93. The zero-order valence-corrected chi connectivity index (χ0v) is 18.3. The molecule has 0 saturated heterocycles.